The number of carbonyl (C=O) groups excluding carboxylic acids is 2. The SMILES string of the molecule is CC(=O)CC[C@H](NC(=O)[C@@H]1C[C@H](C)CN1)[C@@H](C)OCc1ccc(CCCN)cc1. The van der Waals surface area contributed by atoms with Gasteiger partial charge in [0, 0.05) is 6.42 Å². The first-order chi connectivity index (χ1) is 13.9. The lowest BCUT2D eigenvalue weighted by atomic mass is 10.0. The maximum atomic E-state index is 12.6. The molecule has 2 rings (SSSR count). The molecule has 6 nitrogen and oxygen atoms in total. The molecule has 6 heteroatoms. The zero-order valence-corrected chi connectivity index (χ0v) is 18.1. The summed E-state index contributed by atoms with van der Waals surface area (Å²) in [6, 6.07) is 8.03. The molecule has 0 aromatic heterocycles. The van der Waals surface area contributed by atoms with Crippen molar-refractivity contribution in [3.63, 3.8) is 0 Å². The molecule has 1 aliphatic heterocycles. The lowest BCUT2D eigenvalue weighted by Gasteiger charge is -2.26. The summed E-state index contributed by atoms with van der Waals surface area (Å²) in [6.45, 7) is 7.72. The van der Waals surface area contributed by atoms with Crippen molar-refractivity contribution < 1.29 is 14.3 Å². The van der Waals surface area contributed by atoms with Crippen molar-refractivity contribution in [2.45, 2.75) is 77.7 Å². The normalized spacial score (nSPS) is 21.0. The van der Waals surface area contributed by atoms with E-state index in [0.717, 1.165) is 31.4 Å². The van der Waals surface area contributed by atoms with Gasteiger partial charge in [-0.05, 0) is 69.7 Å². The summed E-state index contributed by atoms with van der Waals surface area (Å²) >= 11 is 0. The molecule has 0 aliphatic carbocycles. The summed E-state index contributed by atoms with van der Waals surface area (Å²) in [6.07, 6.45) is 3.65. The first kappa shape index (κ1) is 23.5. The molecule has 0 saturated carbocycles. The molecule has 1 aromatic carbocycles. The molecule has 1 heterocycles. The number of hydrogen-bond acceptors (Lipinski definition) is 5. The van der Waals surface area contributed by atoms with E-state index in [2.05, 4.69) is 41.8 Å². The fraction of sp³-hybridized carbons (Fsp3) is 0.652. The summed E-state index contributed by atoms with van der Waals surface area (Å²) in [7, 11) is 0. The highest BCUT2D eigenvalue weighted by Crippen LogP contribution is 2.16. The van der Waals surface area contributed by atoms with Gasteiger partial charge in [0.1, 0.15) is 5.78 Å². The van der Waals surface area contributed by atoms with Gasteiger partial charge in [-0.15, -0.1) is 0 Å². The van der Waals surface area contributed by atoms with E-state index >= 15 is 0 Å². The van der Waals surface area contributed by atoms with E-state index in [4.69, 9.17) is 10.5 Å². The van der Waals surface area contributed by atoms with E-state index < -0.39 is 0 Å². The number of nitrogens with two attached hydrogens (primary N) is 1. The second-order valence-electron chi connectivity index (χ2n) is 8.38. The van der Waals surface area contributed by atoms with Gasteiger partial charge in [0.2, 0.25) is 5.91 Å². The summed E-state index contributed by atoms with van der Waals surface area (Å²) in [5.41, 5.74) is 7.93. The van der Waals surface area contributed by atoms with E-state index in [1.54, 1.807) is 6.92 Å². The molecular weight excluding hydrogens is 366 g/mol. The average molecular weight is 404 g/mol. The number of rotatable bonds is 12. The van der Waals surface area contributed by atoms with Gasteiger partial charge < -0.3 is 25.9 Å². The standard InChI is InChI=1S/C23H37N3O3/c1-16-13-22(25-14-16)23(28)26-21(11-6-17(2)27)18(3)29-15-20-9-7-19(8-10-20)5-4-12-24/h7-10,16,18,21-22,25H,4-6,11-15,24H2,1-3H3,(H,26,28)/t16-,18+,21-,22-/m0/s1. The highest BCUT2D eigenvalue weighted by molar-refractivity contribution is 5.82. The number of Topliss-reactive ketones (excluding diaryl/α,β-unsaturated/α-hetero) is 1. The van der Waals surface area contributed by atoms with Crippen molar-refractivity contribution in [3.8, 4) is 0 Å². The van der Waals surface area contributed by atoms with Crippen LogP contribution in [0, 0.1) is 5.92 Å². The van der Waals surface area contributed by atoms with Crippen LogP contribution in [0.5, 0.6) is 0 Å². The highest BCUT2D eigenvalue weighted by atomic mass is 16.5. The third-order valence-corrected chi connectivity index (χ3v) is 5.57. The van der Waals surface area contributed by atoms with Crippen molar-refractivity contribution >= 4 is 11.7 Å². The molecule has 1 fully saturated rings. The quantitative estimate of drug-likeness (QED) is 0.498. The lowest BCUT2D eigenvalue weighted by Crippen LogP contribution is -2.49. The molecular formula is C23H37N3O3. The van der Waals surface area contributed by atoms with Crippen LogP contribution in [0.15, 0.2) is 24.3 Å². The minimum Gasteiger partial charge on any atom is -0.372 e. The molecule has 162 valence electrons. The van der Waals surface area contributed by atoms with E-state index in [9.17, 15) is 9.59 Å². The van der Waals surface area contributed by atoms with Crippen LogP contribution in [0.2, 0.25) is 0 Å². The number of nitrogens with one attached hydrogen (secondary N) is 2. The molecule has 0 radical (unpaired) electrons. The van der Waals surface area contributed by atoms with Gasteiger partial charge in [0.05, 0.1) is 24.8 Å². The third-order valence-electron chi connectivity index (χ3n) is 5.57. The molecule has 4 N–H and O–H groups in total. The number of ether oxygens (including phenoxy) is 1. The smallest absolute Gasteiger partial charge is 0.237 e. The Kier molecular flexibility index (Phi) is 9.78. The number of benzene rings is 1. The second-order valence-corrected chi connectivity index (χ2v) is 8.38. The first-order valence-corrected chi connectivity index (χ1v) is 10.8. The molecule has 1 saturated heterocycles. The maximum Gasteiger partial charge on any atom is 0.237 e. The Balaban J connectivity index is 1.89. The minimum atomic E-state index is -0.187. The van der Waals surface area contributed by atoms with Gasteiger partial charge in [-0.1, -0.05) is 31.2 Å². The van der Waals surface area contributed by atoms with Crippen molar-refractivity contribution in [1.82, 2.24) is 10.6 Å². The molecule has 1 aliphatic rings. The predicted octanol–water partition coefficient (Wildman–Crippen LogP) is 2.34. The van der Waals surface area contributed by atoms with Crippen LogP contribution in [0.1, 0.15) is 57.6 Å². The molecule has 4 atom stereocenters. The van der Waals surface area contributed by atoms with Crippen LogP contribution < -0.4 is 16.4 Å². The predicted molar refractivity (Wildman–Crippen MR) is 115 cm³/mol. The third kappa shape index (κ3) is 8.25. The van der Waals surface area contributed by atoms with Crippen LogP contribution in [0.25, 0.3) is 0 Å². The Morgan fingerprint density at radius 3 is 2.55 bits per heavy atom. The Labute approximate surface area is 175 Å². The van der Waals surface area contributed by atoms with E-state index in [1.165, 1.54) is 5.56 Å². The van der Waals surface area contributed by atoms with Gasteiger partial charge in [-0.3, -0.25) is 4.79 Å². The molecule has 1 aromatic rings. The Morgan fingerprint density at radius 1 is 1.28 bits per heavy atom. The Hall–Kier alpha value is -1.76. The largest absolute Gasteiger partial charge is 0.372 e. The molecule has 0 bridgehead atoms. The van der Waals surface area contributed by atoms with E-state index in [0.29, 0.717) is 31.9 Å². The fourth-order valence-corrected chi connectivity index (χ4v) is 3.63. The summed E-state index contributed by atoms with van der Waals surface area (Å²) < 4.78 is 6.06. The number of hydrogen-bond donors (Lipinski definition) is 3. The summed E-state index contributed by atoms with van der Waals surface area (Å²) in [5.74, 6) is 0.627. The van der Waals surface area contributed by atoms with Crippen LogP contribution in [0.3, 0.4) is 0 Å². The van der Waals surface area contributed by atoms with Gasteiger partial charge >= 0.3 is 0 Å². The van der Waals surface area contributed by atoms with Crippen LogP contribution >= 0.6 is 0 Å². The number of ketones is 1. The lowest BCUT2D eigenvalue weighted by molar-refractivity contribution is -0.125. The van der Waals surface area contributed by atoms with Gasteiger partial charge in [-0.2, -0.15) is 0 Å². The van der Waals surface area contributed by atoms with Crippen molar-refractivity contribution in [2.75, 3.05) is 13.1 Å². The minimum absolute atomic E-state index is 0.00242. The zero-order valence-electron chi connectivity index (χ0n) is 18.1. The van der Waals surface area contributed by atoms with Gasteiger partial charge in [-0.25, -0.2) is 0 Å². The van der Waals surface area contributed by atoms with E-state index in [-0.39, 0.29) is 29.9 Å². The van der Waals surface area contributed by atoms with Crippen LogP contribution in [-0.2, 0) is 27.4 Å². The first-order valence-electron chi connectivity index (χ1n) is 10.8. The number of carbonyl (C=O) groups is 2. The zero-order chi connectivity index (χ0) is 21.2. The molecule has 1 amide bonds. The van der Waals surface area contributed by atoms with Gasteiger partial charge in [0.25, 0.3) is 0 Å². The molecule has 29 heavy (non-hydrogen) atoms. The number of amides is 1. The average Bonchev–Trinajstić information content (AvgIpc) is 3.14. The van der Waals surface area contributed by atoms with Crippen molar-refractivity contribution in [3.05, 3.63) is 35.4 Å². The van der Waals surface area contributed by atoms with E-state index in [1.807, 2.05) is 6.92 Å². The fourth-order valence-electron chi connectivity index (χ4n) is 3.63. The summed E-state index contributed by atoms with van der Waals surface area (Å²) in [5, 5.41) is 6.38. The van der Waals surface area contributed by atoms with Crippen LogP contribution in [0.4, 0.5) is 0 Å². The monoisotopic (exact) mass is 403 g/mol. The van der Waals surface area contributed by atoms with Crippen molar-refractivity contribution in [2.24, 2.45) is 11.7 Å². The molecule has 0 unspecified atom stereocenters. The van der Waals surface area contributed by atoms with Crippen molar-refractivity contribution in [1.29, 1.82) is 0 Å². The second kappa shape index (κ2) is 12.1. The highest BCUT2D eigenvalue weighted by Gasteiger charge is 2.29. The van der Waals surface area contributed by atoms with Crippen LogP contribution in [-0.4, -0.2) is 43.0 Å². The Morgan fingerprint density at radius 2 is 1.97 bits per heavy atom. The van der Waals surface area contributed by atoms with Gasteiger partial charge in [0.15, 0.2) is 0 Å². The maximum absolute atomic E-state index is 12.6. The molecule has 0 spiro atoms. The summed E-state index contributed by atoms with van der Waals surface area (Å²) in [4.78, 5) is 24.1. The topological polar surface area (TPSA) is 93.5 Å². The number of aryl methyl sites for hydroxylation is 1. The Bertz CT molecular complexity index is 647.